The molecule has 1 fully saturated rings. The lowest BCUT2D eigenvalue weighted by molar-refractivity contribution is -0.139. The van der Waals surface area contributed by atoms with Crippen LogP contribution in [-0.4, -0.2) is 17.7 Å². The molecular weight excluding hydrogens is 252 g/mol. The number of carboxylic acids is 1. The second kappa shape index (κ2) is 6.29. The molecule has 20 heavy (non-hydrogen) atoms. The minimum absolute atomic E-state index is 0.131. The fraction of sp³-hybridized carbons (Fsp3) is 0.588. The zero-order chi connectivity index (χ0) is 14.7. The van der Waals surface area contributed by atoms with Crippen LogP contribution in [0.25, 0.3) is 0 Å². The Bertz CT molecular complexity index is 467. The SMILES string of the molecule is CC(C)COc1ccccc1CC(C)C1CC1C(=O)O. The summed E-state index contributed by atoms with van der Waals surface area (Å²) in [7, 11) is 0. The number of hydrogen-bond acceptors (Lipinski definition) is 2. The second-order valence-corrected chi connectivity index (χ2v) is 6.34. The first-order valence-electron chi connectivity index (χ1n) is 7.42. The van der Waals surface area contributed by atoms with E-state index >= 15 is 0 Å². The fourth-order valence-corrected chi connectivity index (χ4v) is 2.70. The van der Waals surface area contributed by atoms with E-state index in [0.29, 0.717) is 24.4 Å². The molecule has 2 rings (SSSR count). The van der Waals surface area contributed by atoms with Crippen LogP contribution in [0.5, 0.6) is 5.75 Å². The predicted molar refractivity (Wildman–Crippen MR) is 78.9 cm³/mol. The number of aliphatic carboxylic acids is 1. The zero-order valence-corrected chi connectivity index (χ0v) is 12.5. The van der Waals surface area contributed by atoms with Crippen LogP contribution in [-0.2, 0) is 11.2 Å². The van der Waals surface area contributed by atoms with Gasteiger partial charge in [-0.15, -0.1) is 0 Å². The van der Waals surface area contributed by atoms with Gasteiger partial charge in [-0.1, -0.05) is 39.0 Å². The lowest BCUT2D eigenvalue weighted by Gasteiger charge is -2.16. The maximum absolute atomic E-state index is 10.9. The van der Waals surface area contributed by atoms with Crippen molar-refractivity contribution >= 4 is 5.97 Å². The van der Waals surface area contributed by atoms with Gasteiger partial charge in [0.15, 0.2) is 0 Å². The molecule has 0 radical (unpaired) electrons. The number of hydrogen-bond donors (Lipinski definition) is 1. The fourth-order valence-electron chi connectivity index (χ4n) is 2.70. The van der Waals surface area contributed by atoms with E-state index in [1.165, 1.54) is 5.56 Å². The first-order valence-corrected chi connectivity index (χ1v) is 7.42. The minimum Gasteiger partial charge on any atom is -0.493 e. The van der Waals surface area contributed by atoms with Crippen LogP contribution in [0.3, 0.4) is 0 Å². The molecule has 1 saturated carbocycles. The maximum atomic E-state index is 10.9. The molecule has 3 unspecified atom stereocenters. The van der Waals surface area contributed by atoms with Gasteiger partial charge >= 0.3 is 5.97 Å². The van der Waals surface area contributed by atoms with E-state index in [4.69, 9.17) is 9.84 Å². The van der Waals surface area contributed by atoms with Crippen LogP contribution in [0, 0.1) is 23.7 Å². The average molecular weight is 276 g/mol. The van der Waals surface area contributed by atoms with Gasteiger partial charge < -0.3 is 9.84 Å². The van der Waals surface area contributed by atoms with Crippen molar-refractivity contribution in [2.24, 2.45) is 23.7 Å². The summed E-state index contributed by atoms with van der Waals surface area (Å²) >= 11 is 0. The summed E-state index contributed by atoms with van der Waals surface area (Å²) in [5.41, 5.74) is 1.19. The number of carboxylic acid groups (broad SMARTS) is 1. The largest absolute Gasteiger partial charge is 0.493 e. The van der Waals surface area contributed by atoms with Gasteiger partial charge in [0, 0.05) is 0 Å². The number of benzene rings is 1. The van der Waals surface area contributed by atoms with Crippen LogP contribution in [0.1, 0.15) is 32.8 Å². The first kappa shape index (κ1) is 14.9. The summed E-state index contributed by atoms with van der Waals surface area (Å²) in [5.74, 6) is 1.38. The summed E-state index contributed by atoms with van der Waals surface area (Å²) in [4.78, 5) is 10.9. The van der Waals surface area contributed by atoms with Gasteiger partial charge in [0.1, 0.15) is 5.75 Å². The molecule has 1 aliphatic carbocycles. The summed E-state index contributed by atoms with van der Waals surface area (Å²) in [6.07, 6.45) is 1.72. The van der Waals surface area contributed by atoms with Crippen molar-refractivity contribution in [2.75, 3.05) is 6.61 Å². The summed E-state index contributed by atoms with van der Waals surface area (Å²) in [5, 5.41) is 9.01. The molecule has 0 amide bonds. The van der Waals surface area contributed by atoms with Crippen molar-refractivity contribution in [3.05, 3.63) is 29.8 Å². The van der Waals surface area contributed by atoms with Gasteiger partial charge in [0.25, 0.3) is 0 Å². The Balaban J connectivity index is 1.97. The highest BCUT2D eigenvalue weighted by Crippen LogP contribution is 2.45. The number of ether oxygens (including phenoxy) is 1. The molecule has 0 bridgehead atoms. The summed E-state index contributed by atoms with van der Waals surface area (Å²) in [6.45, 7) is 7.12. The maximum Gasteiger partial charge on any atom is 0.306 e. The smallest absolute Gasteiger partial charge is 0.306 e. The number of rotatable bonds is 7. The van der Waals surface area contributed by atoms with E-state index in [1.807, 2.05) is 18.2 Å². The Morgan fingerprint density at radius 1 is 1.35 bits per heavy atom. The number of para-hydroxylation sites is 1. The summed E-state index contributed by atoms with van der Waals surface area (Å²) < 4.78 is 5.86. The minimum atomic E-state index is -0.647. The normalized spacial score (nSPS) is 22.6. The van der Waals surface area contributed by atoms with E-state index in [-0.39, 0.29) is 5.92 Å². The van der Waals surface area contributed by atoms with Gasteiger partial charge in [0.05, 0.1) is 12.5 Å². The molecule has 0 heterocycles. The third-order valence-electron chi connectivity index (χ3n) is 3.97. The van der Waals surface area contributed by atoms with Crippen LogP contribution in [0.15, 0.2) is 24.3 Å². The Labute approximate surface area is 121 Å². The molecule has 1 N–H and O–H groups in total. The van der Waals surface area contributed by atoms with Crippen LogP contribution < -0.4 is 4.74 Å². The highest BCUT2D eigenvalue weighted by molar-refractivity contribution is 5.73. The van der Waals surface area contributed by atoms with Crippen LogP contribution in [0.4, 0.5) is 0 Å². The second-order valence-electron chi connectivity index (χ2n) is 6.34. The summed E-state index contributed by atoms with van der Waals surface area (Å²) in [6, 6.07) is 8.10. The molecule has 1 aliphatic rings. The van der Waals surface area contributed by atoms with Crippen molar-refractivity contribution in [3.8, 4) is 5.75 Å². The van der Waals surface area contributed by atoms with Crippen molar-refractivity contribution in [3.63, 3.8) is 0 Å². The van der Waals surface area contributed by atoms with Crippen molar-refractivity contribution < 1.29 is 14.6 Å². The topological polar surface area (TPSA) is 46.5 Å². The Morgan fingerprint density at radius 2 is 2.05 bits per heavy atom. The van der Waals surface area contributed by atoms with E-state index in [1.54, 1.807) is 0 Å². The zero-order valence-electron chi connectivity index (χ0n) is 12.5. The van der Waals surface area contributed by atoms with Gasteiger partial charge in [0.2, 0.25) is 0 Å². The molecule has 110 valence electrons. The van der Waals surface area contributed by atoms with Gasteiger partial charge in [-0.25, -0.2) is 0 Å². The highest BCUT2D eigenvalue weighted by atomic mass is 16.5. The molecule has 3 atom stereocenters. The standard InChI is InChI=1S/C17H24O3/c1-11(2)10-20-16-7-5-4-6-13(16)8-12(3)14-9-15(14)17(18)19/h4-7,11-12,14-15H,8-10H2,1-3H3,(H,18,19). The molecule has 1 aromatic carbocycles. The first-order chi connectivity index (χ1) is 9.49. The molecule has 0 spiro atoms. The lowest BCUT2D eigenvalue weighted by Crippen LogP contribution is -2.10. The number of carbonyl (C=O) groups is 1. The van der Waals surface area contributed by atoms with E-state index in [0.717, 1.165) is 18.6 Å². The third kappa shape index (κ3) is 3.75. The molecule has 0 aromatic heterocycles. The van der Waals surface area contributed by atoms with Gasteiger partial charge in [-0.2, -0.15) is 0 Å². The molecule has 0 aliphatic heterocycles. The monoisotopic (exact) mass is 276 g/mol. The van der Waals surface area contributed by atoms with E-state index in [2.05, 4.69) is 26.8 Å². The molecule has 0 saturated heterocycles. The molecule has 3 nitrogen and oxygen atoms in total. The predicted octanol–water partition coefficient (Wildman–Crippen LogP) is 3.62. The van der Waals surface area contributed by atoms with Crippen molar-refractivity contribution in [2.45, 2.75) is 33.6 Å². The Hall–Kier alpha value is -1.51. The molecular formula is C17H24O3. The highest BCUT2D eigenvalue weighted by Gasteiger charge is 2.46. The average Bonchev–Trinajstić information content (AvgIpc) is 3.18. The molecule has 3 heteroatoms. The quantitative estimate of drug-likeness (QED) is 0.827. The van der Waals surface area contributed by atoms with Crippen LogP contribution >= 0.6 is 0 Å². The van der Waals surface area contributed by atoms with Crippen LogP contribution in [0.2, 0.25) is 0 Å². The van der Waals surface area contributed by atoms with Crippen molar-refractivity contribution in [1.29, 1.82) is 0 Å². The van der Waals surface area contributed by atoms with Crippen molar-refractivity contribution in [1.82, 2.24) is 0 Å². The molecule has 1 aromatic rings. The van der Waals surface area contributed by atoms with E-state index in [9.17, 15) is 4.79 Å². The lowest BCUT2D eigenvalue weighted by atomic mass is 9.95. The Kier molecular flexibility index (Phi) is 4.69. The van der Waals surface area contributed by atoms with Gasteiger partial charge in [-0.05, 0) is 42.2 Å². The van der Waals surface area contributed by atoms with E-state index < -0.39 is 5.97 Å². The third-order valence-corrected chi connectivity index (χ3v) is 3.97. The Morgan fingerprint density at radius 3 is 2.65 bits per heavy atom. The van der Waals surface area contributed by atoms with Gasteiger partial charge in [-0.3, -0.25) is 4.79 Å².